The molecule has 0 atom stereocenters. The first-order chi connectivity index (χ1) is 11.5. The Labute approximate surface area is 146 Å². The summed E-state index contributed by atoms with van der Waals surface area (Å²) in [6.07, 6.45) is 1.16. The van der Waals surface area contributed by atoms with E-state index in [2.05, 4.69) is 41.6 Å². The van der Waals surface area contributed by atoms with Crippen molar-refractivity contribution in [2.24, 2.45) is 10.9 Å². The van der Waals surface area contributed by atoms with Crippen molar-refractivity contribution in [3.05, 3.63) is 29.8 Å². The van der Waals surface area contributed by atoms with E-state index in [-0.39, 0.29) is 6.10 Å². The van der Waals surface area contributed by atoms with Crippen molar-refractivity contribution in [2.45, 2.75) is 46.8 Å². The molecule has 0 amide bonds. The lowest BCUT2D eigenvalue weighted by Crippen LogP contribution is -2.37. The van der Waals surface area contributed by atoms with Gasteiger partial charge in [0.05, 0.1) is 6.10 Å². The molecule has 1 aromatic rings. The molecule has 0 aliphatic heterocycles. The highest BCUT2D eigenvalue weighted by atomic mass is 16.5. The van der Waals surface area contributed by atoms with Crippen LogP contribution in [0.2, 0.25) is 0 Å². The Balaban J connectivity index is 2.23. The van der Waals surface area contributed by atoms with E-state index in [4.69, 9.17) is 9.47 Å². The van der Waals surface area contributed by atoms with Gasteiger partial charge in [-0.15, -0.1) is 0 Å². The number of benzene rings is 1. The summed E-state index contributed by atoms with van der Waals surface area (Å²) in [5.74, 6) is 2.30. The van der Waals surface area contributed by atoms with Crippen LogP contribution in [0, 0.1) is 5.92 Å². The predicted molar refractivity (Wildman–Crippen MR) is 101 cm³/mol. The lowest BCUT2D eigenvalue weighted by atomic mass is 10.2. The quantitative estimate of drug-likeness (QED) is 0.392. The monoisotopic (exact) mass is 335 g/mol. The van der Waals surface area contributed by atoms with Gasteiger partial charge in [-0.3, -0.25) is 4.99 Å². The van der Waals surface area contributed by atoms with Gasteiger partial charge in [0.15, 0.2) is 5.96 Å². The van der Waals surface area contributed by atoms with Gasteiger partial charge in [-0.2, -0.15) is 0 Å². The fourth-order valence-corrected chi connectivity index (χ4v) is 2.06. The topological polar surface area (TPSA) is 54.9 Å². The van der Waals surface area contributed by atoms with Crippen molar-refractivity contribution in [3.8, 4) is 5.75 Å². The molecule has 1 aromatic carbocycles. The van der Waals surface area contributed by atoms with Gasteiger partial charge in [-0.1, -0.05) is 26.0 Å². The van der Waals surface area contributed by atoms with Crippen molar-refractivity contribution in [1.29, 1.82) is 0 Å². The number of hydrogen-bond donors (Lipinski definition) is 2. The fourth-order valence-electron chi connectivity index (χ4n) is 2.06. The summed E-state index contributed by atoms with van der Waals surface area (Å²) in [6, 6.07) is 8.13. The summed E-state index contributed by atoms with van der Waals surface area (Å²) < 4.78 is 11.2. The molecule has 0 heterocycles. The van der Waals surface area contributed by atoms with Crippen LogP contribution in [0.1, 0.15) is 39.7 Å². The summed E-state index contributed by atoms with van der Waals surface area (Å²) in [4.78, 5) is 4.23. The highest BCUT2D eigenvalue weighted by Gasteiger charge is 2.01. The van der Waals surface area contributed by atoms with Crippen molar-refractivity contribution in [3.63, 3.8) is 0 Å². The molecule has 0 radical (unpaired) electrons. The largest absolute Gasteiger partial charge is 0.491 e. The van der Waals surface area contributed by atoms with Gasteiger partial charge >= 0.3 is 0 Å². The van der Waals surface area contributed by atoms with E-state index in [0.717, 1.165) is 44.4 Å². The molecular formula is C19H33N3O2. The Hall–Kier alpha value is -1.75. The Morgan fingerprint density at radius 3 is 2.38 bits per heavy atom. The molecule has 2 N–H and O–H groups in total. The molecule has 0 bridgehead atoms. The first-order valence-electron chi connectivity index (χ1n) is 8.79. The van der Waals surface area contributed by atoms with Crippen LogP contribution in [0.25, 0.3) is 0 Å². The van der Waals surface area contributed by atoms with E-state index in [9.17, 15) is 0 Å². The zero-order valence-corrected chi connectivity index (χ0v) is 15.8. The smallest absolute Gasteiger partial charge is 0.191 e. The van der Waals surface area contributed by atoms with Crippen LogP contribution in [0.3, 0.4) is 0 Å². The van der Waals surface area contributed by atoms with Crippen molar-refractivity contribution >= 4 is 5.96 Å². The SMILES string of the molecule is CN=C(NCCCOCC(C)C)NCc1ccc(OC(C)C)cc1. The normalized spacial score (nSPS) is 11.9. The number of aliphatic imine (C=N–C) groups is 1. The second kappa shape index (κ2) is 11.7. The van der Waals surface area contributed by atoms with Gasteiger partial charge in [-0.05, 0) is 43.9 Å². The zero-order chi connectivity index (χ0) is 17.8. The third-order valence-corrected chi connectivity index (χ3v) is 3.19. The number of rotatable bonds is 10. The maximum atomic E-state index is 5.65. The van der Waals surface area contributed by atoms with Crippen molar-refractivity contribution in [1.82, 2.24) is 10.6 Å². The van der Waals surface area contributed by atoms with Gasteiger partial charge in [0, 0.05) is 33.4 Å². The molecule has 5 heteroatoms. The Bertz CT molecular complexity index is 470. The number of hydrogen-bond acceptors (Lipinski definition) is 3. The standard InChI is InChI=1S/C19H33N3O2/c1-15(2)14-23-12-6-11-21-19(20-5)22-13-17-7-9-18(10-8-17)24-16(3)4/h7-10,15-16H,6,11-14H2,1-5H3,(H2,20,21,22). The average molecular weight is 335 g/mol. The molecule has 0 spiro atoms. The van der Waals surface area contributed by atoms with Crippen LogP contribution >= 0.6 is 0 Å². The predicted octanol–water partition coefficient (Wildman–Crippen LogP) is 3.20. The average Bonchev–Trinajstić information content (AvgIpc) is 2.54. The molecule has 0 aliphatic carbocycles. The van der Waals surface area contributed by atoms with Crippen LogP contribution < -0.4 is 15.4 Å². The van der Waals surface area contributed by atoms with Crippen molar-refractivity contribution in [2.75, 3.05) is 26.8 Å². The number of ether oxygens (including phenoxy) is 2. The number of nitrogens with zero attached hydrogens (tertiary/aromatic N) is 1. The van der Waals surface area contributed by atoms with E-state index in [1.807, 2.05) is 26.0 Å². The first kappa shape index (κ1) is 20.3. The van der Waals surface area contributed by atoms with E-state index in [1.54, 1.807) is 7.05 Å². The van der Waals surface area contributed by atoms with Crippen molar-refractivity contribution < 1.29 is 9.47 Å². The minimum absolute atomic E-state index is 0.196. The molecule has 0 fully saturated rings. The lowest BCUT2D eigenvalue weighted by Gasteiger charge is -2.13. The Morgan fingerprint density at radius 2 is 1.79 bits per heavy atom. The van der Waals surface area contributed by atoms with Crippen LogP contribution in [0.15, 0.2) is 29.3 Å². The second-order valence-corrected chi connectivity index (χ2v) is 6.49. The molecule has 5 nitrogen and oxygen atoms in total. The third-order valence-electron chi connectivity index (χ3n) is 3.19. The fraction of sp³-hybridized carbons (Fsp3) is 0.632. The third kappa shape index (κ3) is 9.40. The Morgan fingerprint density at radius 1 is 1.08 bits per heavy atom. The number of nitrogens with one attached hydrogen (secondary N) is 2. The summed E-state index contributed by atoms with van der Waals surface area (Å²) in [5.41, 5.74) is 1.19. The molecule has 0 saturated heterocycles. The van der Waals surface area contributed by atoms with E-state index < -0.39 is 0 Å². The van der Waals surface area contributed by atoms with Crippen LogP contribution in [0.5, 0.6) is 5.75 Å². The second-order valence-electron chi connectivity index (χ2n) is 6.49. The molecule has 0 saturated carbocycles. The highest BCUT2D eigenvalue weighted by Crippen LogP contribution is 2.13. The van der Waals surface area contributed by atoms with Crippen LogP contribution in [-0.4, -0.2) is 38.9 Å². The summed E-state index contributed by atoms with van der Waals surface area (Å²) in [6.45, 7) is 11.5. The van der Waals surface area contributed by atoms with E-state index in [0.29, 0.717) is 5.92 Å². The molecule has 0 aliphatic rings. The zero-order valence-electron chi connectivity index (χ0n) is 15.8. The van der Waals surface area contributed by atoms with Crippen LogP contribution in [-0.2, 0) is 11.3 Å². The summed E-state index contributed by atoms with van der Waals surface area (Å²) >= 11 is 0. The first-order valence-corrected chi connectivity index (χ1v) is 8.79. The molecule has 0 aromatic heterocycles. The minimum Gasteiger partial charge on any atom is -0.491 e. The van der Waals surface area contributed by atoms with Gasteiger partial charge in [-0.25, -0.2) is 0 Å². The lowest BCUT2D eigenvalue weighted by molar-refractivity contribution is 0.108. The van der Waals surface area contributed by atoms with Gasteiger partial charge in [0.1, 0.15) is 5.75 Å². The van der Waals surface area contributed by atoms with Gasteiger partial charge < -0.3 is 20.1 Å². The highest BCUT2D eigenvalue weighted by molar-refractivity contribution is 5.79. The maximum absolute atomic E-state index is 5.65. The number of guanidine groups is 1. The molecule has 0 unspecified atom stereocenters. The molecular weight excluding hydrogens is 302 g/mol. The summed E-state index contributed by atoms with van der Waals surface area (Å²) in [7, 11) is 1.78. The molecule has 24 heavy (non-hydrogen) atoms. The van der Waals surface area contributed by atoms with Gasteiger partial charge in [0.2, 0.25) is 0 Å². The minimum atomic E-state index is 0.196. The summed E-state index contributed by atoms with van der Waals surface area (Å²) in [5, 5.41) is 6.61. The van der Waals surface area contributed by atoms with Gasteiger partial charge in [0.25, 0.3) is 0 Å². The molecule has 136 valence electrons. The molecule has 1 rings (SSSR count). The maximum Gasteiger partial charge on any atom is 0.191 e. The van der Waals surface area contributed by atoms with E-state index in [1.165, 1.54) is 5.56 Å². The van der Waals surface area contributed by atoms with Crippen LogP contribution in [0.4, 0.5) is 0 Å². The van der Waals surface area contributed by atoms with E-state index >= 15 is 0 Å². The Kier molecular flexibility index (Phi) is 9.92.